The van der Waals surface area contributed by atoms with Gasteiger partial charge < -0.3 is 10.2 Å². The van der Waals surface area contributed by atoms with Gasteiger partial charge in [0.25, 0.3) is 0 Å². The topological polar surface area (TPSA) is 49.4 Å². The predicted molar refractivity (Wildman–Crippen MR) is 93.2 cm³/mol. The zero-order valence-corrected chi connectivity index (χ0v) is 15.0. The molecule has 2 fully saturated rings. The van der Waals surface area contributed by atoms with E-state index in [0.717, 1.165) is 12.0 Å². The minimum Gasteiger partial charge on any atom is -0.348 e. The van der Waals surface area contributed by atoms with Crippen molar-refractivity contribution >= 4 is 23.6 Å². The number of rotatable bonds is 3. The van der Waals surface area contributed by atoms with Crippen LogP contribution < -0.4 is 5.32 Å². The molecule has 0 aliphatic carbocycles. The summed E-state index contributed by atoms with van der Waals surface area (Å²) in [5.41, 5.74) is 3.50. The number of carbonyl (C=O) groups excluding carboxylic acids is 2. The second-order valence-corrected chi connectivity index (χ2v) is 8.36. The number of amides is 2. The van der Waals surface area contributed by atoms with Crippen LogP contribution in [0.1, 0.15) is 49.4 Å². The number of carbonyl (C=O) groups is 2. The Morgan fingerprint density at radius 1 is 1.43 bits per heavy atom. The highest BCUT2D eigenvalue weighted by Crippen LogP contribution is 2.47. The van der Waals surface area contributed by atoms with E-state index in [1.807, 2.05) is 11.8 Å². The van der Waals surface area contributed by atoms with E-state index < -0.39 is 0 Å². The van der Waals surface area contributed by atoms with Gasteiger partial charge in [-0.1, -0.05) is 23.8 Å². The first-order valence-electron chi connectivity index (χ1n) is 8.15. The van der Waals surface area contributed by atoms with E-state index >= 15 is 0 Å². The Bertz CT molecular complexity index is 660. The molecule has 3 rings (SSSR count). The van der Waals surface area contributed by atoms with E-state index in [1.54, 1.807) is 11.8 Å². The van der Waals surface area contributed by atoms with Crippen LogP contribution in [0.5, 0.6) is 0 Å². The monoisotopic (exact) mass is 332 g/mol. The number of hydrogen-bond acceptors (Lipinski definition) is 3. The van der Waals surface area contributed by atoms with Gasteiger partial charge in [-0.05, 0) is 45.2 Å². The maximum Gasteiger partial charge on any atom is 0.244 e. The van der Waals surface area contributed by atoms with E-state index in [0.29, 0.717) is 12.2 Å². The third-order valence-corrected chi connectivity index (χ3v) is 6.51. The fourth-order valence-electron chi connectivity index (χ4n) is 3.63. The molecule has 0 saturated carbocycles. The lowest BCUT2D eigenvalue weighted by Gasteiger charge is -2.30. The molecule has 1 aromatic carbocycles. The third kappa shape index (κ3) is 2.87. The number of nitrogens with zero attached hydrogens (tertiary/aromatic N) is 1. The highest BCUT2D eigenvalue weighted by molar-refractivity contribution is 8.01. The molecule has 0 aromatic heterocycles. The molecule has 2 aliphatic heterocycles. The molecule has 1 aromatic rings. The average Bonchev–Trinajstić information content (AvgIpc) is 2.98. The summed E-state index contributed by atoms with van der Waals surface area (Å²) in [5.74, 6) is 0.759. The average molecular weight is 332 g/mol. The van der Waals surface area contributed by atoms with Gasteiger partial charge in [-0.3, -0.25) is 9.59 Å². The Balaban J connectivity index is 1.74. The van der Waals surface area contributed by atoms with Crippen LogP contribution in [-0.4, -0.2) is 33.4 Å². The number of fused-ring (bicyclic) bond motifs is 1. The normalized spacial score (nSPS) is 27.9. The number of benzene rings is 1. The smallest absolute Gasteiger partial charge is 0.244 e. The van der Waals surface area contributed by atoms with E-state index in [4.69, 9.17) is 0 Å². The summed E-state index contributed by atoms with van der Waals surface area (Å²) in [6.45, 7) is 8.19. The van der Waals surface area contributed by atoms with Crippen LogP contribution >= 0.6 is 11.8 Å². The molecule has 2 aliphatic rings. The van der Waals surface area contributed by atoms with Gasteiger partial charge in [0.05, 0.1) is 10.9 Å². The van der Waals surface area contributed by atoms with Crippen molar-refractivity contribution < 1.29 is 9.59 Å². The summed E-state index contributed by atoms with van der Waals surface area (Å²) in [4.78, 5) is 26.5. The molecule has 2 saturated heterocycles. The zero-order chi connectivity index (χ0) is 16.8. The van der Waals surface area contributed by atoms with Gasteiger partial charge in [0.1, 0.15) is 6.04 Å². The molecule has 5 heteroatoms. The van der Waals surface area contributed by atoms with Crippen molar-refractivity contribution in [3.8, 4) is 0 Å². The van der Waals surface area contributed by atoms with E-state index in [-0.39, 0.29) is 28.8 Å². The number of aryl methyl sites for hydroxylation is 2. The van der Waals surface area contributed by atoms with Gasteiger partial charge >= 0.3 is 0 Å². The first-order valence-corrected chi connectivity index (χ1v) is 9.14. The van der Waals surface area contributed by atoms with Crippen molar-refractivity contribution in [1.29, 1.82) is 0 Å². The quantitative estimate of drug-likeness (QED) is 0.926. The summed E-state index contributed by atoms with van der Waals surface area (Å²) >= 11 is 1.73. The maximum absolute atomic E-state index is 12.7. The van der Waals surface area contributed by atoms with Gasteiger partial charge in [-0.15, -0.1) is 11.8 Å². The second-order valence-electron chi connectivity index (χ2n) is 6.86. The standard InChI is InChI=1S/C18H24N2O2S/c1-11-5-6-12(2)14(9-11)13(3)19-17(22)15-10-23-18(4)8-7-16(21)20(15)18/h5-6,9,13,15H,7-8,10H2,1-4H3,(H,19,22). The Labute approximate surface area is 142 Å². The predicted octanol–water partition coefficient (Wildman–Crippen LogP) is 2.93. The lowest BCUT2D eigenvalue weighted by atomic mass is 9.99. The SMILES string of the molecule is Cc1ccc(C)c(C(C)NC(=O)C2CSC3(C)CCC(=O)N23)c1. The van der Waals surface area contributed by atoms with E-state index in [2.05, 4.69) is 44.3 Å². The van der Waals surface area contributed by atoms with Crippen molar-refractivity contribution in [2.24, 2.45) is 0 Å². The number of hydrogen-bond donors (Lipinski definition) is 1. The first-order chi connectivity index (χ1) is 10.8. The fourth-order valence-corrected chi connectivity index (χ4v) is 5.06. The van der Waals surface area contributed by atoms with Gasteiger partial charge in [0.2, 0.25) is 11.8 Å². The third-order valence-electron chi connectivity index (χ3n) is 5.01. The summed E-state index contributed by atoms with van der Waals surface area (Å²) in [7, 11) is 0. The number of thioether (sulfide) groups is 1. The largest absolute Gasteiger partial charge is 0.348 e. The zero-order valence-electron chi connectivity index (χ0n) is 14.2. The molecule has 0 radical (unpaired) electrons. The Morgan fingerprint density at radius 3 is 2.91 bits per heavy atom. The highest BCUT2D eigenvalue weighted by Gasteiger charge is 2.52. The maximum atomic E-state index is 12.7. The van der Waals surface area contributed by atoms with Gasteiger partial charge in [-0.25, -0.2) is 0 Å². The van der Waals surface area contributed by atoms with Crippen LogP contribution in [-0.2, 0) is 9.59 Å². The molecular weight excluding hydrogens is 308 g/mol. The van der Waals surface area contributed by atoms with Crippen LogP contribution in [0.15, 0.2) is 18.2 Å². The molecule has 3 unspecified atom stereocenters. The van der Waals surface area contributed by atoms with E-state index in [9.17, 15) is 9.59 Å². The lowest BCUT2D eigenvalue weighted by molar-refractivity contribution is -0.138. The molecule has 1 N–H and O–H groups in total. The van der Waals surface area contributed by atoms with Crippen molar-refractivity contribution in [1.82, 2.24) is 10.2 Å². The van der Waals surface area contributed by atoms with Crippen molar-refractivity contribution in [3.63, 3.8) is 0 Å². The lowest BCUT2D eigenvalue weighted by Crippen LogP contribution is -2.50. The molecule has 124 valence electrons. The molecule has 0 spiro atoms. The molecule has 3 atom stereocenters. The van der Waals surface area contributed by atoms with Crippen LogP contribution in [0.2, 0.25) is 0 Å². The van der Waals surface area contributed by atoms with Crippen molar-refractivity contribution in [2.75, 3.05) is 5.75 Å². The number of nitrogens with one attached hydrogen (secondary N) is 1. The van der Waals surface area contributed by atoms with Crippen molar-refractivity contribution in [3.05, 3.63) is 34.9 Å². The summed E-state index contributed by atoms with van der Waals surface area (Å²) in [6, 6.07) is 5.88. The molecule has 23 heavy (non-hydrogen) atoms. The summed E-state index contributed by atoms with van der Waals surface area (Å²) in [5, 5.41) is 3.11. The minimum atomic E-state index is -0.340. The summed E-state index contributed by atoms with van der Waals surface area (Å²) < 4.78 is 0. The molecule has 2 heterocycles. The first kappa shape index (κ1) is 16.4. The Hall–Kier alpha value is -1.49. The Morgan fingerprint density at radius 2 is 2.17 bits per heavy atom. The molecule has 0 bridgehead atoms. The van der Waals surface area contributed by atoms with Gasteiger partial charge in [-0.2, -0.15) is 0 Å². The Kier molecular flexibility index (Phi) is 4.17. The summed E-state index contributed by atoms with van der Waals surface area (Å²) in [6.07, 6.45) is 1.40. The van der Waals surface area contributed by atoms with Crippen LogP contribution in [0.4, 0.5) is 0 Å². The second kappa shape index (κ2) is 5.86. The van der Waals surface area contributed by atoms with Gasteiger partial charge in [0.15, 0.2) is 0 Å². The fraction of sp³-hybridized carbons (Fsp3) is 0.556. The van der Waals surface area contributed by atoms with Crippen LogP contribution in [0, 0.1) is 13.8 Å². The van der Waals surface area contributed by atoms with Gasteiger partial charge in [0, 0.05) is 12.2 Å². The van der Waals surface area contributed by atoms with Crippen LogP contribution in [0.25, 0.3) is 0 Å². The van der Waals surface area contributed by atoms with Crippen molar-refractivity contribution in [2.45, 2.75) is 57.5 Å². The molecule has 4 nitrogen and oxygen atoms in total. The van der Waals surface area contributed by atoms with E-state index in [1.165, 1.54) is 11.1 Å². The minimum absolute atomic E-state index is 0.0371. The molecule has 2 amide bonds. The molecular formula is C18H24N2O2S. The van der Waals surface area contributed by atoms with Crippen LogP contribution in [0.3, 0.4) is 0 Å². The highest BCUT2D eigenvalue weighted by atomic mass is 32.2.